The molecule has 154 valence electrons. The van der Waals surface area contributed by atoms with Gasteiger partial charge >= 0.3 is 12.1 Å². The van der Waals surface area contributed by atoms with Crippen molar-refractivity contribution in [1.29, 1.82) is 0 Å². The molecular formula is C22H22F3NO3. The number of halogens is 3. The quantitative estimate of drug-likeness (QED) is 0.550. The zero-order valence-electron chi connectivity index (χ0n) is 16.3. The van der Waals surface area contributed by atoms with Gasteiger partial charge in [0.2, 0.25) is 0 Å². The normalized spacial score (nSPS) is 12.1. The highest BCUT2D eigenvalue weighted by Crippen LogP contribution is 2.29. The summed E-state index contributed by atoms with van der Waals surface area (Å²) in [7, 11) is 0. The predicted octanol–water partition coefficient (Wildman–Crippen LogP) is 5.20. The molecule has 0 heterocycles. The van der Waals surface area contributed by atoms with Crippen LogP contribution in [-0.4, -0.2) is 18.5 Å². The molecule has 0 aliphatic rings. The molecule has 2 aromatic rings. The first kappa shape index (κ1) is 22.2. The van der Waals surface area contributed by atoms with Gasteiger partial charge in [-0.25, -0.2) is 4.79 Å². The molecule has 0 unspecified atom stereocenters. The highest BCUT2D eigenvalue weighted by atomic mass is 19.4. The highest BCUT2D eigenvalue weighted by molar-refractivity contribution is 5.94. The smallest absolute Gasteiger partial charge is 0.416 e. The summed E-state index contributed by atoms with van der Waals surface area (Å²) < 4.78 is 42.4. The zero-order valence-corrected chi connectivity index (χ0v) is 16.3. The van der Waals surface area contributed by atoms with Crippen LogP contribution in [0.2, 0.25) is 0 Å². The van der Waals surface area contributed by atoms with Gasteiger partial charge < -0.3 is 10.1 Å². The van der Waals surface area contributed by atoms with Gasteiger partial charge in [0.05, 0.1) is 5.56 Å². The van der Waals surface area contributed by atoms with E-state index in [1.54, 1.807) is 12.1 Å². The zero-order chi connectivity index (χ0) is 21.7. The van der Waals surface area contributed by atoms with Gasteiger partial charge in [0.1, 0.15) is 0 Å². The number of benzene rings is 2. The molecule has 7 heteroatoms. The number of rotatable bonds is 5. The Morgan fingerprint density at radius 2 is 1.48 bits per heavy atom. The third-order valence-electron chi connectivity index (χ3n) is 4.03. The number of esters is 1. The summed E-state index contributed by atoms with van der Waals surface area (Å²) in [6.07, 6.45) is -2.05. The van der Waals surface area contributed by atoms with Crippen LogP contribution in [0, 0.1) is 0 Å². The molecule has 0 aromatic heterocycles. The van der Waals surface area contributed by atoms with Gasteiger partial charge in [-0.2, -0.15) is 13.2 Å². The Bertz CT molecular complexity index is 878. The number of ether oxygens (including phenoxy) is 1. The van der Waals surface area contributed by atoms with Gasteiger partial charge in [0.15, 0.2) is 6.61 Å². The first-order chi connectivity index (χ1) is 13.4. The maximum Gasteiger partial charge on any atom is 0.416 e. The van der Waals surface area contributed by atoms with Crippen molar-refractivity contribution >= 4 is 23.6 Å². The van der Waals surface area contributed by atoms with Crippen LogP contribution >= 0.6 is 0 Å². The van der Waals surface area contributed by atoms with Crippen LogP contribution in [0.4, 0.5) is 18.9 Å². The van der Waals surface area contributed by atoms with Crippen molar-refractivity contribution in [3.8, 4) is 0 Å². The molecule has 0 atom stereocenters. The van der Waals surface area contributed by atoms with Crippen LogP contribution in [0.5, 0.6) is 0 Å². The van der Waals surface area contributed by atoms with E-state index in [1.807, 2.05) is 12.1 Å². The van der Waals surface area contributed by atoms with Crippen molar-refractivity contribution in [2.75, 3.05) is 11.9 Å². The van der Waals surface area contributed by atoms with Gasteiger partial charge in [-0.3, -0.25) is 4.79 Å². The third-order valence-corrected chi connectivity index (χ3v) is 4.03. The van der Waals surface area contributed by atoms with Crippen molar-refractivity contribution in [3.05, 3.63) is 71.3 Å². The van der Waals surface area contributed by atoms with Gasteiger partial charge in [-0.1, -0.05) is 45.0 Å². The van der Waals surface area contributed by atoms with Gasteiger partial charge in [-0.15, -0.1) is 0 Å². The average molecular weight is 405 g/mol. The predicted molar refractivity (Wildman–Crippen MR) is 105 cm³/mol. The van der Waals surface area contributed by atoms with Crippen LogP contribution in [0.1, 0.15) is 37.5 Å². The molecule has 4 nitrogen and oxygen atoms in total. The first-order valence-corrected chi connectivity index (χ1v) is 8.87. The van der Waals surface area contributed by atoms with Crippen molar-refractivity contribution in [2.45, 2.75) is 32.4 Å². The van der Waals surface area contributed by atoms with Crippen LogP contribution < -0.4 is 5.32 Å². The molecule has 1 amide bonds. The van der Waals surface area contributed by atoms with Gasteiger partial charge in [0.25, 0.3) is 5.91 Å². The van der Waals surface area contributed by atoms with Crippen molar-refractivity contribution < 1.29 is 27.5 Å². The van der Waals surface area contributed by atoms with Crippen molar-refractivity contribution in [1.82, 2.24) is 0 Å². The van der Waals surface area contributed by atoms with E-state index in [1.165, 1.54) is 18.2 Å². The standard InChI is InChI=1S/C22H22F3NO3/c1-21(2,3)16-9-11-18(12-10-16)26-19(27)14-29-20(28)13-6-15-4-7-17(8-5-15)22(23,24)25/h4-13H,14H2,1-3H3,(H,26,27)/b13-6+. The Hall–Kier alpha value is -3.09. The summed E-state index contributed by atoms with van der Waals surface area (Å²) in [4.78, 5) is 23.6. The largest absolute Gasteiger partial charge is 0.452 e. The molecule has 0 aliphatic heterocycles. The number of nitrogens with one attached hydrogen (secondary N) is 1. The Balaban J connectivity index is 1.82. The number of carbonyl (C=O) groups is 2. The monoisotopic (exact) mass is 405 g/mol. The van der Waals surface area contributed by atoms with Crippen LogP contribution in [0.3, 0.4) is 0 Å². The number of hydrogen-bond donors (Lipinski definition) is 1. The lowest BCUT2D eigenvalue weighted by Gasteiger charge is -2.19. The van der Waals surface area contributed by atoms with E-state index in [0.717, 1.165) is 23.8 Å². The summed E-state index contributed by atoms with van der Waals surface area (Å²) in [6, 6.07) is 11.7. The molecule has 0 spiro atoms. The molecule has 2 rings (SSSR count). The minimum atomic E-state index is -4.42. The summed E-state index contributed by atoms with van der Waals surface area (Å²) in [5.41, 5.74) is 1.33. The molecule has 0 saturated heterocycles. The summed E-state index contributed by atoms with van der Waals surface area (Å²) in [5, 5.41) is 2.62. The van der Waals surface area contributed by atoms with E-state index in [0.29, 0.717) is 11.3 Å². The molecule has 2 aromatic carbocycles. The van der Waals surface area contributed by atoms with Gasteiger partial charge in [0, 0.05) is 11.8 Å². The fraction of sp³-hybridized carbons (Fsp3) is 0.273. The first-order valence-electron chi connectivity index (χ1n) is 8.87. The lowest BCUT2D eigenvalue weighted by atomic mass is 9.87. The maximum atomic E-state index is 12.5. The van der Waals surface area contributed by atoms with Crippen LogP contribution in [0.25, 0.3) is 6.08 Å². The number of anilines is 1. The summed E-state index contributed by atoms with van der Waals surface area (Å²) in [5.74, 6) is -1.27. The van der Waals surface area contributed by atoms with E-state index in [2.05, 4.69) is 26.1 Å². The molecule has 1 N–H and O–H groups in total. The fourth-order valence-electron chi connectivity index (χ4n) is 2.38. The minimum Gasteiger partial charge on any atom is -0.452 e. The molecular weight excluding hydrogens is 383 g/mol. The molecule has 29 heavy (non-hydrogen) atoms. The average Bonchev–Trinajstić information content (AvgIpc) is 2.64. The Kier molecular flexibility index (Phi) is 6.84. The van der Waals surface area contributed by atoms with Crippen LogP contribution in [0.15, 0.2) is 54.6 Å². The number of hydrogen-bond acceptors (Lipinski definition) is 3. The van der Waals surface area contributed by atoms with Crippen molar-refractivity contribution in [3.63, 3.8) is 0 Å². The van der Waals surface area contributed by atoms with E-state index in [9.17, 15) is 22.8 Å². The summed E-state index contributed by atoms with van der Waals surface area (Å²) in [6.45, 7) is 5.77. The Labute approximate surface area is 167 Å². The molecule has 0 saturated carbocycles. The molecule has 0 bridgehead atoms. The number of amides is 1. The number of alkyl halides is 3. The second kappa shape index (κ2) is 8.94. The molecule has 0 aliphatic carbocycles. The van der Waals surface area contributed by atoms with E-state index in [-0.39, 0.29) is 5.41 Å². The Morgan fingerprint density at radius 3 is 2.00 bits per heavy atom. The molecule has 0 radical (unpaired) electrons. The molecule has 0 fully saturated rings. The fourth-order valence-corrected chi connectivity index (χ4v) is 2.38. The third kappa shape index (κ3) is 7.10. The Morgan fingerprint density at radius 1 is 0.931 bits per heavy atom. The van der Waals surface area contributed by atoms with E-state index in [4.69, 9.17) is 4.74 Å². The number of carbonyl (C=O) groups excluding carboxylic acids is 2. The topological polar surface area (TPSA) is 55.4 Å². The van der Waals surface area contributed by atoms with Gasteiger partial charge in [-0.05, 0) is 46.9 Å². The second-order valence-corrected chi connectivity index (χ2v) is 7.44. The van der Waals surface area contributed by atoms with Crippen LogP contribution in [-0.2, 0) is 25.9 Å². The summed E-state index contributed by atoms with van der Waals surface area (Å²) >= 11 is 0. The van der Waals surface area contributed by atoms with E-state index < -0.39 is 30.2 Å². The van der Waals surface area contributed by atoms with Crippen molar-refractivity contribution in [2.24, 2.45) is 0 Å². The lowest BCUT2D eigenvalue weighted by molar-refractivity contribution is -0.142. The second-order valence-electron chi connectivity index (χ2n) is 7.44. The van der Waals surface area contributed by atoms with E-state index >= 15 is 0 Å². The maximum absolute atomic E-state index is 12.5. The highest BCUT2D eigenvalue weighted by Gasteiger charge is 2.29. The lowest BCUT2D eigenvalue weighted by Crippen LogP contribution is -2.20. The minimum absolute atomic E-state index is 0.00251. The SMILES string of the molecule is CC(C)(C)c1ccc(NC(=O)COC(=O)/C=C/c2ccc(C(F)(F)F)cc2)cc1.